The molecule has 29 heavy (non-hydrogen) atoms. The monoisotopic (exact) mass is 411 g/mol. The zero-order chi connectivity index (χ0) is 20.6. The summed E-state index contributed by atoms with van der Waals surface area (Å²) in [6.45, 7) is 1.85. The molecule has 7 heteroatoms. The molecule has 0 aliphatic heterocycles. The lowest BCUT2D eigenvalue weighted by Gasteiger charge is -2.20. The fraction of sp³-hybridized carbons (Fsp3) is 0.364. The van der Waals surface area contributed by atoms with E-state index in [0.717, 1.165) is 24.7 Å². The molecule has 3 aromatic rings. The van der Waals surface area contributed by atoms with Gasteiger partial charge >= 0.3 is 0 Å². The first-order chi connectivity index (χ1) is 13.8. The van der Waals surface area contributed by atoms with Crippen molar-refractivity contribution in [2.75, 3.05) is 6.26 Å². The number of nitrogens with zero attached hydrogens (tertiary/aromatic N) is 2. The van der Waals surface area contributed by atoms with E-state index in [9.17, 15) is 13.2 Å². The van der Waals surface area contributed by atoms with E-state index >= 15 is 0 Å². The van der Waals surface area contributed by atoms with E-state index < -0.39 is 9.84 Å². The van der Waals surface area contributed by atoms with E-state index in [1.54, 1.807) is 24.3 Å². The Bertz CT molecular complexity index is 1180. The molecule has 1 heterocycles. The third-order valence-electron chi connectivity index (χ3n) is 5.50. The van der Waals surface area contributed by atoms with E-state index in [4.69, 9.17) is 0 Å². The number of benzene rings is 2. The van der Waals surface area contributed by atoms with Gasteiger partial charge in [0.25, 0.3) is 0 Å². The molecule has 2 aromatic carbocycles. The van der Waals surface area contributed by atoms with Crippen molar-refractivity contribution in [3.8, 4) is 0 Å². The van der Waals surface area contributed by atoms with Crippen LogP contribution in [-0.2, 0) is 34.0 Å². The average Bonchev–Trinajstić information content (AvgIpc) is 3.06. The molecule has 1 unspecified atom stereocenters. The van der Waals surface area contributed by atoms with Crippen LogP contribution in [0.15, 0.2) is 47.6 Å². The highest BCUT2D eigenvalue weighted by atomic mass is 32.2. The number of aromatic nitrogens is 2. The third kappa shape index (κ3) is 4.05. The number of nitrogens with one attached hydrogen (secondary N) is 1. The first-order valence-corrected chi connectivity index (χ1v) is 11.8. The Balaban J connectivity index is 1.56. The largest absolute Gasteiger partial charge is 0.348 e. The minimum absolute atomic E-state index is 0.0877. The van der Waals surface area contributed by atoms with Crippen LogP contribution in [0.1, 0.15) is 42.5 Å². The molecular formula is C22H25N3O3S. The molecule has 1 N–H and O–H groups in total. The topological polar surface area (TPSA) is 81.1 Å². The van der Waals surface area contributed by atoms with Crippen molar-refractivity contribution in [2.45, 2.75) is 50.4 Å². The molecule has 0 fully saturated rings. The van der Waals surface area contributed by atoms with Crippen molar-refractivity contribution >= 4 is 26.8 Å². The number of hydrogen-bond donors (Lipinski definition) is 1. The van der Waals surface area contributed by atoms with Gasteiger partial charge < -0.3 is 9.88 Å². The molecular weight excluding hydrogens is 386 g/mol. The highest BCUT2D eigenvalue weighted by molar-refractivity contribution is 7.90. The second kappa shape index (κ2) is 7.63. The summed E-state index contributed by atoms with van der Waals surface area (Å²) >= 11 is 0. The quantitative estimate of drug-likeness (QED) is 0.699. The lowest BCUT2D eigenvalue weighted by atomic mass is 9.89. The Hall–Kier alpha value is -2.67. The van der Waals surface area contributed by atoms with E-state index in [-0.39, 0.29) is 23.7 Å². The summed E-state index contributed by atoms with van der Waals surface area (Å²) in [5.41, 5.74) is 5.03. The SMILES string of the molecule is CC(NC(=O)Cn1c(S(C)(=O)=O)nc2ccccc21)c1ccc2c(c1)CCCC2. The maximum atomic E-state index is 12.8. The summed E-state index contributed by atoms with van der Waals surface area (Å²) in [5, 5.41) is 2.91. The average molecular weight is 412 g/mol. The Morgan fingerprint density at radius 2 is 1.86 bits per heavy atom. The van der Waals surface area contributed by atoms with Crippen molar-refractivity contribution in [1.29, 1.82) is 0 Å². The molecule has 1 aliphatic carbocycles. The number of carbonyl (C=O) groups excluding carboxylic acids is 1. The summed E-state index contributed by atoms with van der Waals surface area (Å²) in [5.74, 6) is -0.247. The highest BCUT2D eigenvalue weighted by Gasteiger charge is 2.22. The van der Waals surface area contributed by atoms with Crippen LogP contribution >= 0.6 is 0 Å². The third-order valence-corrected chi connectivity index (χ3v) is 6.48. The molecule has 1 aliphatic rings. The van der Waals surface area contributed by atoms with Gasteiger partial charge in [0.2, 0.25) is 20.9 Å². The molecule has 0 bridgehead atoms. The van der Waals surface area contributed by atoms with Gasteiger partial charge in [0.15, 0.2) is 0 Å². The summed E-state index contributed by atoms with van der Waals surface area (Å²) in [7, 11) is -3.56. The van der Waals surface area contributed by atoms with Gasteiger partial charge in [-0.25, -0.2) is 13.4 Å². The first kappa shape index (κ1) is 19.6. The van der Waals surface area contributed by atoms with E-state index in [1.165, 1.54) is 28.5 Å². The number of amides is 1. The zero-order valence-electron chi connectivity index (χ0n) is 16.7. The molecule has 0 saturated carbocycles. The Morgan fingerprint density at radius 1 is 1.14 bits per heavy atom. The van der Waals surface area contributed by atoms with Crippen molar-refractivity contribution in [1.82, 2.24) is 14.9 Å². The number of hydrogen-bond acceptors (Lipinski definition) is 4. The van der Waals surface area contributed by atoms with E-state index in [2.05, 4.69) is 28.5 Å². The standard InChI is InChI=1S/C22H25N3O3S/c1-15(17-12-11-16-7-3-4-8-18(16)13-17)23-21(26)14-25-20-10-6-5-9-19(20)24-22(25)29(2,27)28/h5-6,9-13,15H,3-4,7-8,14H2,1-2H3,(H,23,26). The predicted octanol–water partition coefficient (Wildman–Crippen LogP) is 3.20. The number of fused-ring (bicyclic) bond motifs is 2. The zero-order valence-corrected chi connectivity index (χ0v) is 17.5. The second-order valence-corrected chi connectivity index (χ2v) is 9.68. The van der Waals surface area contributed by atoms with Crippen LogP contribution in [0.2, 0.25) is 0 Å². The molecule has 6 nitrogen and oxygen atoms in total. The molecule has 4 rings (SSSR count). The predicted molar refractivity (Wildman–Crippen MR) is 112 cm³/mol. The van der Waals surface area contributed by atoms with Crippen molar-refractivity contribution in [3.05, 3.63) is 59.2 Å². The van der Waals surface area contributed by atoms with E-state index in [1.807, 2.05) is 6.92 Å². The lowest BCUT2D eigenvalue weighted by Crippen LogP contribution is -2.31. The molecule has 0 radical (unpaired) electrons. The van der Waals surface area contributed by atoms with E-state index in [0.29, 0.717) is 11.0 Å². The van der Waals surface area contributed by atoms with Crippen LogP contribution in [0, 0.1) is 0 Å². The van der Waals surface area contributed by atoms with Crippen molar-refractivity contribution < 1.29 is 13.2 Å². The van der Waals surface area contributed by atoms with Gasteiger partial charge in [-0.15, -0.1) is 0 Å². The summed E-state index contributed by atoms with van der Waals surface area (Å²) in [6, 6.07) is 13.4. The Kier molecular flexibility index (Phi) is 5.17. The number of rotatable bonds is 5. The van der Waals surface area contributed by atoms with Crippen molar-refractivity contribution in [2.24, 2.45) is 0 Å². The van der Waals surface area contributed by atoms with Gasteiger partial charge in [0.1, 0.15) is 6.54 Å². The lowest BCUT2D eigenvalue weighted by molar-refractivity contribution is -0.122. The molecule has 1 atom stereocenters. The summed E-state index contributed by atoms with van der Waals surface area (Å²) < 4.78 is 25.8. The number of para-hydroxylation sites is 2. The van der Waals surface area contributed by atoms with Gasteiger partial charge in [-0.05, 0) is 61.4 Å². The van der Waals surface area contributed by atoms with Crippen LogP contribution < -0.4 is 5.32 Å². The van der Waals surface area contributed by atoms with Crippen molar-refractivity contribution in [3.63, 3.8) is 0 Å². The number of sulfone groups is 1. The summed E-state index contributed by atoms with van der Waals surface area (Å²) in [4.78, 5) is 17.0. The van der Waals surface area contributed by atoms with Crippen LogP contribution in [0.4, 0.5) is 0 Å². The number of imidazole rings is 1. The molecule has 0 saturated heterocycles. The van der Waals surface area contributed by atoms with Gasteiger partial charge in [0, 0.05) is 6.26 Å². The number of carbonyl (C=O) groups is 1. The molecule has 152 valence electrons. The highest BCUT2D eigenvalue weighted by Crippen LogP contribution is 2.25. The minimum Gasteiger partial charge on any atom is -0.348 e. The van der Waals surface area contributed by atoms with Crippen LogP contribution in [0.25, 0.3) is 11.0 Å². The maximum absolute atomic E-state index is 12.8. The molecule has 1 aromatic heterocycles. The fourth-order valence-corrected chi connectivity index (χ4v) is 4.85. The number of aryl methyl sites for hydroxylation is 2. The van der Waals surface area contributed by atoms with Crippen LogP contribution in [-0.4, -0.2) is 30.1 Å². The van der Waals surface area contributed by atoms with Gasteiger partial charge in [-0.2, -0.15) is 0 Å². The van der Waals surface area contributed by atoms with Crippen LogP contribution in [0.5, 0.6) is 0 Å². The Morgan fingerprint density at radius 3 is 2.62 bits per heavy atom. The van der Waals surface area contributed by atoms with Gasteiger partial charge in [0.05, 0.1) is 17.1 Å². The second-order valence-electron chi connectivity index (χ2n) is 7.77. The molecule has 0 spiro atoms. The van der Waals surface area contributed by atoms with Gasteiger partial charge in [-0.3, -0.25) is 4.79 Å². The smallest absolute Gasteiger partial charge is 0.240 e. The minimum atomic E-state index is -3.56. The molecule has 1 amide bonds. The van der Waals surface area contributed by atoms with Crippen LogP contribution in [0.3, 0.4) is 0 Å². The Labute approximate surface area is 170 Å². The van der Waals surface area contributed by atoms with Gasteiger partial charge in [-0.1, -0.05) is 30.3 Å². The summed E-state index contributed by atoms with van der Waals surface area (Å²) in [6.07, 6.45) is 5.76. The first-order valence-electron chi connectivity index (χ1n) is 9.89. The maximum Gasteiger partial charge on any atom is 0.240 e. The fourth-order valence-electron chi connectivity index (χ4n) is 4.03. The normalized spacial score (nSPS) is 15.1.